The minimum atomic E-state index is -3.45. The molecule has 2 aromatic carbocycles. The third-order valence-electron chi connectivity index (χ3n) is 4.73. The van der Waals surface area contributed by atoms with Crippen molar-refractivity contribution in [3.05, 3.63) is 77.9 Å². The summed E-state index contributed by atoms with van der Waals surface area (Å²) in [6.07, 6.45) is 1.96. The number of rotatable bonds is 9. The third-order valence-corrected chi connectivity index (χ3v) is 6.05. The quantitative estimate of drug-likeness (QED) is 0.458. The van der Waals surface area contributed by atoms with Crippen LogP contribution in [-0.2, 0) is 31.9 Å². The van der Waals surface area contributed by atoms with E-state index in [0.717, 1.165) is 5.56 Å². The number of likely N-dealkylation sites (tertiary alicyclic amines) is 1. The Balaban J connectivity index is 1.58. The number of carbonyl (C=O) groups is 3. The highest BCUT2D eigenvalue weighted by molar-refractivity contribution is 7.88. The van der Waals surface area contributed by atoms with Crippen LogP contribution in [0.2, 0.25) is 0 Å². The highest BCUT2D eigenvalue weighted by Crippen LogP contribution is 2.17. The van der Waals surface area contributed by atoms with Crippen LogP contribution in [0.3, 0.4) is 0 Å². The number of sulfonamides is 1. The summed E-state index contributed by atoms with van der Waals surface area (Å²) in [5.41, 5.74) is 2.30. The van der Waals surface area contributed by atoms with Crippen molar-refractivity contribution in [1.29, 1.82) is 0 Å². The lowest BCUT2D eigenvalue weighted by Crippen LogP contribution is -2.28. The monoisotopic (exact) mass is 441 g/mol. The number of carbonyl (C=O) groups excluding carboxylic acids is 3. The maximum Gasteiger partial charge on any atom is 0.255 e. The van der Waals surface area contributed by atoms with Crippen molar-refractivity contribution in [1.82, 2.24) is 9.62 Å². The minimum Gasteiger partial charge on any atom is -0.322 e. The van der Waals surface area contributed by atoms with Crippen LogP contribution in [0.1, 0.15) is 34.3 Å². The summed E-state index contributed by atoms with van der Waals surface area (Å²) in [6, 6.07) is 13.2. The highest BCUT2D eigenvalue weighted by atomic mass is 32.2. The third kappa shape index (κ3) is 6.09. The van der Waals surface area contributed by atoms with E-state index in [2.05, 4.69) is 16.6 Å². The smallest absolute Gasteiger partial charge is 0.255 e. The average molecular weight is 442 g/mol. The predicted molar refractivity (Wildman–Crippen MR) is 116 cm³/mol. The molecule has 2 N–H and O–H groups in total. The summed E-state index contributed by atoms with van der Waals surface area (Å²) in [5.74, 6) is -0.856. The van der Waals surface area contributed by atoms with Gasteiger partial charge in [0.15, 0.2) is 0 Å². The van der Waals surface area contributed by atoms with E-state index in [4.69, 9.17) is 0 Å². The second-order valence-electron chi connectivity index (χ2n) is 7.12. The lowest BCUT2D eigenvalue weighted by Gasteiger charge is -2.14. The Morgan fingerprint density at radius 2 is 1.55 bits per heavy atom. The molecule has 0 spiro atoms. The van der Waals surface area contributed by atoms with Crippen molar-refractivity contribution >= 4 is 33.4 Å². The summed E-state index contributed by atoms with van der Waals surface area (Å²) in [6.45, 7) is 3.84. The number of benzene rings is 2. The lowest BCUT2D eigenvalue weighted by molar-refractivity contribution is -0.139. The Labute approximate surface area is 181 Å². The highest BCUT2D eigenvalue weighted by Gasteiger charge is 2.28. The van der Waals surface area contributed by atoms with Crippen molar-refractivity contribution in [2.75, 3.05) is 11.9 Å². The number of nitrogens with one attached hydrogen (secondary N) is 2. The lowest BCUT2D eigenvalue weighted by atomic mass is 10.1. The van der Waals surface area contributed by atoms with Gasteiger partial charge in [-0.15, -0.1) is 6.58 Å². The normalized spacial score (nSPS) is 14.0. The topological polar surface area (TPSA) is 113 Å². The number of hydrogen-bond acceptors (Lipinski definition) is 5. The van der Waals surface area contributed by atoms with E-state index in [0.29, 0.717) is 16.8 Å². The molecule has 1 aliphatic rings. The van der Waals surface area contributed by atoms with E-state index in [1.165, 1.54) is 11.0 Å². The molecule has 3 amide bonds. The van der Waals surface area contributed by atoms with Gasteiger partial charge in [0.25, 0.3) is 5.91 Å². The zero-order valence-electron chi connectivity index (χ0n) is 16.8. The fourth-order valence-corrected chi connectivity index (χ4v) is 4.19. The molecule has 2 aromatic rings. The fraction of sp³-hybridized carbons (Fsp3) is 0.227. The van der Waals surface area contributed by atoms with Crippen LogP contribution in [0.25, 0.3) is 0 Å². The SMILES string of the molecule is C=CCNS(=O)(=O)Cc1ccc(NC(=O)c2ccc(CN3C(=O)CCC3=O)cc2)cc1. The van der Waals surface area contributed by atoms with E-state index in [1.807, 2.05) is 0 Å². The van der Waals surface area contributed by atoms with Crippen molar-refractivity contribution in [2.24, 2.45) is 0 Å². The minimum absolute atomic E-state index is 0.167. The van der Waals surface area contributed by atoms with Crippen LogP contribution in [0.5, 0.6) is 0 Å². The number of amides is 3. The van der Waals surface area contributed by atoms with Gasteiger partial charge in [-0.25, -0.2) is 13.1 Å². The summed E-state index contributed by atoms with van der Waals surface area (Å²) in [5, 5.41) is 2.75. The summed E-state index contributed by atoms with van der Waals surface area (Å²) < 4.78 is 26.2. The number of hydrogen-bond donors (Lipinski definition) is 2. The van der Waals surface area contributed by atoms with Crippen LogP contribution in [-0.4, -0.2) is 37.6 Å². The molecule has 9 heteroatoms. The van der Waals surface area contributed by atoms with Crippen LogP contribution in [0.4, 0.5) is 5.69 Å². The fourth-order valence-electron chi connectivity index (χ4n) is 3.09. The maximum atomic E-state index is 12.5. The molecule has 31 heavy (non-hydrogen) atoms. The zero-order chi connectivity index (χ0) is 22.4. The predicted octanol–water partition coefficient (Wildman–Crippen LogP) is 2.19. The molecule has 1 fully saturated rings. The Morgan fingerprint density at radius 3 is 2.13 bits per heavy atom. The zero-order valence-corrected chi connectivity index (χ0v) is 17.7. The Kier molecular flexibility index (Phi) is 6.98. The Bertz CT molecular complexity index is 1080. The van der Waals surface area contributed by atoms with Crippen molar-refractivity contribution in [3.8, 4) is 0 Å². The first-order valence-corrected chi connectivity index (χ1v) is 11.3. The van der Waals surface area contributed by atoms with Crippen LogP contribution in [0.15, 0.2) is 61.2 Å². The molecular formula is C22H23N3O5S. The molecule has 0 aromatic heterocycles. The molecule has 3 rings (SSSR count). The molecule has 1 saturated heterocycles. The van der Waals surface area contributed by atoms with Crippen molar-refractivity contribution in [3.63, 3.8) is 0 Å². The number of imide groups is 1. The second kappa shape index (κ2) is 9.67. The first kappa shape index (κ1) is 22.4. The first-order chi connectivity index (χ1) is 14.8. The van der Waals surface area contributed by atoms with Crippen LogP contribution < -0.4 is 10.0 Å². The Morgan fingerprint density at radius 1 is 0.968 bits per heavy atom. The molecule has 1 aliphatic heterocycles. The van der Waals surface area contributed by atoms with E-state index >= 15 is 0 Å². The van der Waals surface area contributed by atoms with Crippen molar-refractivity contribution in [2.45, 2.75) is 25.1 Å². The maximum absolute atomic E-state index is 12.5. The van der Waals surface area contributed by atoms with Gasteiger partial charge in [-0.2, -0.15) is 0 Å². The molecule has 0 bridgehead atoms. The summed E-state index contributed by atoms with van der Waals surface area (Å²) in [4.78, 5) is 37.1. The molecule has 8 nitrogen and oxygen atoms in total. The summed E-state index contributed by atoms with van der Waals surface area (Å²) >= 11 is 0. The molecule has 0 atom stereocenters. The van der Waals surface area contributed by atoms with Gasteiger partial charge in [-0.1, -0.05) is 30.3 Å². The van der Waals surface area contributed by atoms with Crippen LogP contribution in [0, 0.1) is 0 Å². The molecule has 0 saturated carbocycles. The number of nitrogens with zero attached hydrogens (tertiary/aromatic N) is 1. The molecular weight excluding hydrogens is 418 g/mol. The van der Waals surface area contributed by atoms with Gasteiger partial charge >= 0.3 is 0 Å². The number of anilines is 1. The van der Waals surface area contributed by atoms with Gasteiger partial charge < -0.3 is 5.32 Å². The molecule has 1 heterocycles. The molecule has 0 unspecified atom stereocenters. The summed E-state index contributed by atoms with van der Waals surface area (Å²) in [7, 11) is -3.45. The largest absolute Gasteiger partial charge is 0.322 e. The van der Waals surface area contributed by atoms with Gasteiger partial charge in [-0.3, -0.25) is 19.3 Å². The standard InChI is InChI=1S/C22H23N3O5S/c1-2-13-23-31(29,30)15-17-5-9-19(10-6-17)24-22(28)18-7-3-16(4-8-18)14-25-20(26)11-12-21(25)27/h2-10,23H,1,11-15H2,(H,24,28). The molecule has 0 aliphatic carbocycles. The van der Waals surface area contributed by atoms with Gasteiger partial charge in [0.2, 0.25) is 21.8 Å². The van der Waals surface area contributed by atoms with Gasteiger partial charge in [0.05, 0.1) is 12.3 Å². The molecule has 0 radical (unpaired) electrons. The first-order valence-electron chi connectivity index (χ1n) is 9.68. The molecule has 162 valence electrons. The van der Waals surface area contributed by atoms with Gasteiger partial charge in [0.1, 0.15) is 0 Å². The Hall–Kier alpha value is -3.30. The van der Waals surface area contributed by atoms with Gasteiger partial charge in [0, 0.05) is 30.6 Å². The van der Waals surface area contributed by atoms with E-state index in [1.54, 1.807) is 48.5 Å². The van der Waals surface area contributed by atoms with E-state index < -0.39 is 10.0 Å². The van der Waals surface area contributed by atoms with E-state index in [-0.39, 0.29) is 49.4 Å². The van der Waals surface area contributed by atoms with Gasteiger partial charge in [-0.05, 0) is 35.4 Å². The second-order valence-corrected chi connectivity index (χ2v) is 8.92. The van der Waals surface area contributed by atoms with E-state index in [9.17, 15) is 22.8 Å². The van der Waals surface area contributed by atoms with Crippen LogP contribution >= 0.6 is 0 Å². The average Bonchev–Trinajstić information content (AvgIpc) is 3.06. The van der Waals surface area contributed by atoms with Crippen molar-refractivity contribution < 1.29 is 22.8 Å².